The Morgan fingerprint density at radius 2 is 1.33 bits per heavy atom. The van der Waals surface area contributed by atoms with Crippen molar-refractivity contribution >= 4 is 15.2 Å². The highest BCUT2D eigenvalue weighted by atomic mass is 31.2. The quantitative estimate of drug-likeness (QED) is 0.490. The Hall–Kier alpha value is 0.260. The molecule has 0 radical (unpaired) electrons. The summed E-state index contributed by atoms with van der Waals surface area (Å²) in [6.07, 6.45) is 0.628. The van der Waals surface area contributed by atoms with E-state index in [1.54, 1.807) is 0 Å². The fourth-order valence-electron chi connectivity index (χ4n) is 2.57. The van der Waals surface area contributed by atoms with E-state index in [0.29, 0.717) is 24.7 Å². The zero-order valence-corrected chi connectivity index (χ0v) is 12.1. The van der Waals surface area contributed by atoms with Crippen LogP contribution in [0.2, 0.25) is 0 Å². The van der Waals surface area contributed by atoms with Crippen molar-refractivity contribution < 1.29 is 33.8 Å². The minimum Gasteiger partial charge on any atom is -0.368 e. The van der Waals surface area contributed by atoms with Crippen molar-refractivity contribution in [1.29, 1.82) is 0 Å². The number of hydrogen-bond acceptors (Lipinski definition) is 3. The van der Waals surface area contributed by atoms with Gasteiger partial charge in [0.1, 0.15) is 0 Å². The van der Waals surface area contributed by atoms with Crippen LogP contribution < -0.4 is 0 Å². The van der Waals surface area contributed by atoms with Gasteiger partial charge in [-0.2, -0.15) is 0 Å². The first-order valence-corrected chi connectivity index (χ1v) is 8.94. The molecule has 1 rings (SSSR count). The van der Waals surface area contributed by atoms with Gasteiger partial charge in [0, 0.05) is 6.42 Å². The highest BCUT2D eigenvalue weighted by Crippen LogP contribution is 2.70. The van der Waals surface area contributed by atoms with Crippen LogP contribution in [0.15, 0.2) is 0 Å². The first-order chi connectivity index (χ1) is 7.88. The predicted molar refractivity (Wildman–Crippen MR) is 64.7 cm³/mol. The summed E-state index contributed by atoms with van der Waals surface area (Å²) in [6, 6.07) is 0. The summed E-state index contributed by atoms with van der Waals surface area (Å²) in [5.41, 5.74) is 0. The Kier molecular flexibility index (Phi) is 4.52. The summed E-state index contributed by atoms with van der Waals surface area (Å²) < 4.78 is 22.4. The zero-order chi connectivity index (χ0) is 14.4. The van der Waals surface area contributed by atoms with Gasteiger partial charge in [-0.05, 0) is 30.6 Å². The Bertz CT molecular complexity index is 366. The molecule has 0 unspecified atom stereocenters. The number of hydrogen-bond donors (Lipinski definition) is 5. The van der Waals surface area contributed by atoms with Crippen molar-refractivity contribution in [2.24, 2.45) is 17.8 Å². The Labute approximate surface area is 106 Å². The fourth-order valence-corrected chi connectivity index (χ4v) is 4.92. The zero-order valence-electron chi connectivity index (χ0n) is 10.3. The van der Waals surface area contributed by atoms with Gasteiger partial charge in [0.15, 0.2) is 0 Å². The maximum Gasteiger partial charge on any atom is 0.369 e. The van der Waals surface area contributed by atoms with E-state index >= 15 is 0 Å². The van der Waals surface area contributed by atoms with Gasteiger partial charge in [-0.15, -0.1) is 0 Å². The van der Waals surface area contributed by atoms with Crippen LogP contribution in [0.5, 0.6) is 0 Å². The summed E-state index contributed by atoms with van der Waals surface area (Å²) in [7, 11) is -10.6. The summed E-state index contributed by atoms with van der Waals surface area (Å²) in [6.45, 7) is 3.94. The molecule has 0 bridgehead atoms. The van der Waals surface area contributed by atoms with E-state index < -0.39 is 26.7 Å². The minimum atomic E-state index is -5.31. The third kappa shape index (κ3) is 3.05. The largest absolute Gasteiger partial charge is 0.369 e. The maximum atomic E-state index is 11.2. The first-order valence-electron chi connectivity index (χ1n) is 5.72. The van der Waals surface area contributed by atoms with Crippen LogP contribution in [0.4, 0.5) is 0 Å². The first kappa shape index (κ1) is 16.3. The Balaban J connectivity index is 2.96. The monoisotopic (exact) mass is 302 g/mol. The van der Waals surface area contributed by atoms with Crippen LogP contribution in [-0.2, 0) is 9.13 Å². The lowest BCUT2D eigenvalue weighted by atomic mass is 10.0. The van der Waals surface area contributed by atoms with Crippen molar-refractivity contribution in [3.8, 4) is 0 Å². The average Bonchev–Trinajstić information content (AvgIpc) is 2.41. The van der Waals surface area contributed by atoms with Gasteiger partial charge < -0.3 is 24.7 Å². The summed E-state index contributed by atoms with van der Waals surface area (Å²) in [5, 5.41) is 6.54. The molecule has 1 aliphatic carbocycles. The third-order valence-electron chi connectivity index (χ3n) is 3.88. The van der Waals surface area contributed by atoms with E-state index in [9.17, 15) is 14.2 Å². The van der Waals surface area contributed by atoms with E-state index in [0.717, 1.165) is 0 Å². The summed E-state index contributed by atoms with van der Waals surface area (Å²) in [4.78, 5) is 36.1. The highest BCUT2D eigenvalue weighted by Gasteiger charge is 2.60. The normalized spacial score (nSPS) is 30.7. The maximum absolute atomic E-state index is 11.2. The van der Waals surface area contributed by atoms with E-state index in [-0.39, 0.29) is 5.92 Å². The SMILES string of the molecule is C[C@@H]1C[C@@H](CC(O)(P(=O)(O)O)P(=O)(O)O)C[C@@H]1C. The molecule has 0 aromatic rings. The summed E-state index contributed by atoms with van der Waals surface area (Å²) >= 11 is 0. The van der Waals surface area contributed by atoms with Crippen LogP contribution in [-0.4, -0.2) is 29.8 Å². The fraction of sp³-hybridized carbons (Fsp3) is 1.00. The molecule has 0 saturated heterocycles. The van der Waals surface area contributed by atoms with Gasteiger partial charge in [-0.3, -0.25) is 9.13 Å². The average molecular weight is 302 g/mol. The van der Waals surface area contributed by atoms with Crippen molar-refractivity contribution in [2.75, 3.05) is 0 Å². The molecule has 1 fully saturated rings. The molecule has 0 aromatic carbocycles. The van der Waals surface area contributed by atoms with Crippen LogP contribution in [0.25, 0.3) is 0 Å². The number of rotatable bonds is 4. The molecule has 9 heteroatoms. The Morgan fingerprint density at radius 3 is 1.61 bits per heavy atom. The molecule has 3 atom stereocenters. The van der Waals surface area contributed by atoms with E-state index in [4.69, 9.17) is 19.6 Å². The van der Waals surface area contributed by atoms with Gasteiger partial charge in [0.2, 0.25) is 0 Å². The summed E-state index contributed by atoms with van der Waals surface area (Å²) in [5.74, 6) is 0.334. The second-order valence-corrected chi connectivity index (χ2v) is 9.37. The minimum absolute atomic E-state index is 0.291. The Morgan fingerprint density at radius 1 is 1.00 bits per heavy atom. The number of aliphatic hydroxyl groups is 1. The molecule has 1 saturated carbocycles. The molecule has 7 nitrogen and oxygen atoms in total. The van der Waals surface area contributed by atoms with Gasteiger partial charge in [0.25, 0.3) is 5.08 Å². The van der Waals surface area contributed by atoms with Crippen molar-refractivity contribution in [3.63, 3.8) is 0 Å². The van der Waals surface area contributed by atoms with E-state index in [2.05, 4.69) is 0 Å². The molecule has 0 spiro atoms. The predicted octanol–water partition coefficient (Wildman–Crippen LogP) is 1.06. The lowest BCUT2D eigenvalue weighted by Gasteiger charge is -2.31. The molecule has 5 N–H and O–H groups in total. The molecule has 1 aliphatic rings. The lowest BCUT2D eigenvalue weighted by molar-refractivity contribution is 0.106. The second kappa shape index (κ2) is 4.98. The topological polar surface area (TPSA) is 135 Å². The lowest BCUT2D eigenvalue weighted by Crippen LogP contribution is -2.31. The van der Waals surface area contributed by atoms with E-state index in [1.165, 1.54) is 0 Å². The molecule has 0 aromatic heterocycles. The molecule has 108 valence electrons. The van der Waals surface area contributed by atoms with Gasteiger partial charge in [0.05, 0.1) is 0 Å². The van der Waals surface area contributed by atoms with Gasteiger partial charge in [-0.25, -0.2) is 0 Å². The third-order valence-corrected chi connectivity index (χ3v) is 7.67. The molecule has 0 heterocycles. The molecule has 0 aliphatic heterocycles. The van der Waals surface area contributed by atoms with Crippen LogP contribution >= 0.6 is 15.2 Å². The van der Waals surface area contributed by atoms with Crippen molar-refractivity contribution in [2.45, 2.75) is 38.2 Å². The second-order valence-electron chi connectivity index (χ2n) is 5.36. The van der Waals surface area contributed by atoms with Crippen LogP contribution in [0, 0.1) is 17.8 Å². The van der Waals surface area contributed by atoms with Crippen molar-refractivity contribution in [1.82, 2.24) is 0 Å². The molecular weight excluding hydrogens is 282 g/mol. The molecule has 18 heavy (non-hydrogen) atoms. The van der Waals surface area contributed by atoms with E-state index in [1.807, 2.05) is 13.8 Å². The van der Waals surface area contributed by atoms with Gasteiger partial charge in [-0.1, -0.05) is 13.8 Å². The van der Waals surface area contributed by atoms with Crippen LogP contribution in [0.1, 0.15) is 33.1 Å². The highest BCUT2D eigenvalue weighted by molar-refractivity contribution is 7.72. The molecule has 0 amide bonds. The smallest absolute Gasteiger partial charge is 0.368 e. The van der Waals surface area contributed by atoms with Crippen molar-refractivity contribution in [3.05, 3.63) is 0 Å². The van der Waals surface area contributed by atoms with Gasteiger partial charge >= 0.3 is 15.2 Å². The van der Waals surface area contributed by atoms with Crippen LogP contribution in [0.3, 0.4) is 0 Å². The standard InChI is InChI=1S/C9H20O7P2/c1-6-3-8(4-7(6)2)5-9(10,17(11,12)13)18(14,15)16/h6-8,10H,3-5H2,1-2H3,(H2,11,12,13)(H2,14,15,16)/t6-,7+,8-. The molecular formula is C9H20O7P2.